The lowest BCUT2D eigenvalue weighted by atomic mass is 10.3. The fraction of sp³-hybridized carbons (Fsp3) is 0.188. The summed E-state index contributed by atoms with van der Waals surface area (Å²) in [5.74, 6) is 0.469. The molecule has 1 amide bonds. The molecule has 1 aromatic carbocycles. The summed E-state index contributed by atoms with van der Waals surface area (Å²) in [6, 6.07) is 3.78. The minimum atomic E-state index is -0.457. The van der Waals surface area contributed by atoms with E-state index in [1.807, 2.05) is 0 Å². The molecule has 0 spiro atoms. The van der Waals surface area contributed by atoms with E-state index in [-0.39, 0.29) is 29.1 Å². The molecule has 0 bridgehead atoms. The van der Waals surface area contributed by atoms with E-state index in [9.17, 15) is 9.18 Å². The first-order valence-electron chi connectivity index (χ1n) is 7.40. The molecule has 0 saturated carbocycles. The van der Waals surface area contributed by atoms with Crippen LogP contribution in [0.1, 0.15) is 22.2 Å². The third kappa shape index (κ3) is 4.57. The third-order valence-electron chi connectivity index (χ3n) is 3.23. The highest BCUT2D eigenvalue weighted by Gasteiger charge is 2.13. The maximum atomic E-state index is 13.0. The van der Waals surface area contributed by atoms with Gasteiger partial charge in [-0.2, -0.15) is 0 Å². The minimum absolute atomic E-state index is 0.0367. The Hall–Kier alpha value is -2.87. The lowest BCUT2D eigenvalue weighted by Crippen LogP contribution is -2.26. The van der Waals surface area contributed by atoms with E-state index in [0.29, 0.717) is 18.7 Å². The summed E-state index contributed by atoms with van der Waals surface area (Å²) in [7, 11) is 0. The molecule has 0 atom stereocenters. The van der Waals surface area contributed by atoms with E-state index in [2.05, 4.69) is 20.3 Å². The SMILES string of the molecule is O=C(NCCc1ncc[nH]1)c1coc(COc2ccc(F)cc2Cl)n1. The summed E-state index contributed by atoms with van der Waals surface area (Å²) in [6.45, 7) is 0.376. The second kappa shape index (κ2) is 7.80. The number of hydrogen-bond acceptors (Lipinski definition) is 5. The summed E-state index contributed by atoms with van der Waals surface area (Å²) < 4.78 is 23.6. The molecular formula is C16H14ClFN4O3. The van der Waals surface area contributed by atoms with Gasteiger partial charge in [-0.15, -0.1) is 0 Å². The number of halogens is 2. The summed E-state index contributed by atoms with van der Waals surface area (Å²) in [4.78, 5) is 23.0. The molecule has 0 aliphatic heterocycles. The number of ether oxygens (including phenoxy) is 1. The first kappa shape index (κ1) is 17.0. The number of aromatic nitrogens is 3. The Morgan fingerprint density at radius 1 is 1.44 bits per heavy atom. The first-order chi connectivity index (χ1) is 12.1. The largest absolute Gasteiger partial charge is 0.482 e. The van der Waals surface area contributed by atoms with Crippen LogP contribution in [0.2, 0.25) is 5.02 Å². The van der Waals surface area contributed by atoms with Crippen molar-refractivity contribution in [2.24, 2.45) is 0 Å². The zero-order valence-corrected chi connectivity index (χ0v) is 13.7. The summed E-state index contributed by atoms with van der Waals surface area (Å²) in [5, 5.41) is 2.86. The molecule has 2 heterocycles. The Bertz CT molecular complexity index is 851. The monoisotopic (exact) mass is 364 g/mol. The molecule has 25 heavy (non-hydrogen) atoms. The van der Waals surface area contributed by atoms with Gasteiger partial charge in [0.2, 0.25) is 5.89 Å². The van der Waals surface area contributed by atoms with Gasteiger partial charge in [0.15, 0.2) is 12.3 Å². The van der Waals surface area contributed by atoms with Crippen molar-refractivity contribution in [3.05, 3.63) is 65.1 Å². The number of rotatable bonds is 7. The lowest BCUT2D eigenvalue weighted by Gasteiger charge is -2.05. The number of nitrogens with zero attached hydrogens (tertiary/aromatic N) is 2. The Balaban J connectivity index is 1.50. The molecule has 0 aliphatic carbocycles. The average Bonchev–Trinajstić information content (AvgIpc) is 3.25. The second-order valence-corrected chi connectivity index (χ2v) is 5.44. The molecule has 2 aromatic heterocycles. The molecule has 0 radical (unpaired) electrons. The van der Waals surface area contributed by atoms with Crippen molar-refractivity contribution in [2.75, 3.05) is 6.54 Å². The van der Waals surface area contributed by atoms with Crippen molar-refractivity contribution in [3.63, 3.8) is 0 Å². The highest BCUT2D eigenvalue weighted by atomic mass is 35.5. The van der Waals surface area contributed by atoms with Gasteiger partial charge in [0, 0.05) is 25.4 Å². The van der Waals surface area contributed by atoms with Crippen molar-refractivity contribution < 1.29 is 18.3 Å². The number of benzene rings is 1. The number of H-pyrrole nitrogens is 1. The van der Waals surface area contributed by atoms with Gasteiger partial charge in [-0.25, -0.2) is 14.4 Å². The molecule has 0 unspecified atom stereocenters. The van der Waals surface area contributed by atoms with Crippen LogP contribution in [0.4, 0.5) is 4.39 Å². The molecule has 0 aliphatic rings. The Kier molecular flexibility index (Phi) is 5.30. The molecule has 2 N–H and O–H groups in total. The van der Waals surface area contributed by atoms with Gasteiger partial charge in [-0.1, -0.05) is 11.6 Å². The lowest BCUT2D eigenvalue weighted by molar-refractivity contribution is 0.0949. The van der Waals surface area contributed by atoms with E-state index < -0.39 is 5.82 Å². The molecule has 0 saturated heterocycles. The minimum Gasteiger partial charge on any atom is -0.482 e. The molecule has 130 valence electrons. The summed E-state index contributed by atoms with van der Waals surface area (Å²) in [5.41, 5.74) is 0.142. The van der Waals surface area contributed by atoms with Gasteiger partial charge in [0.1, 0.15) is 23.7 Å². The Morgan fingerprint density at radius 2 is 2.32 bits per heavy atom. The molecular weight excluding hydrogens is 351 g/mol. The standard InChI is InChI=1S/C16H14ClFN4O3/c17-11-7-10(18)1-2-13(11)24-9-15-22-12(8-25-15)16(23)21-4-3-14-19-5-6-20-14/h1-2,5-8H,3-4,9H2,(H,19,20)(H,21,23). The predicted molar refractivity (Wildman–Crippen MR) is 86.9 cm³/mol. The number of oxazole rings is 1. The van der Waals surface area contributed by atoms with Gasteiger partial charge in [0.05, 0.1) is 5.02 Å². The van der Waals surface area contributed by atoms with Crippen molar-refractivity contribution in [2.45, 2.75) is 13.0 Å². The maximum absolute atomic E-state index is 13.0. The quantitative estimate of drug-likeness (QED) is 0.672. The first-order valence-corrected chi connectivity index (χ1v) is 7.78. The highest BCUT2D eigenvalue weighted by Crippen LogP contribution is 2.25. The van der Waals surface area contributed by atoms with Crippen LogP contribution in [-0.4, -0.2) is 27.4 Å². The number of amides is 1. The number of hydrogen-bond donors (Lipinski definition) is 2. The smallest absolute Gasteiger partial charge is 0.273 e. The molecule has 9 heteroatoms. The number of carbonyl (C=O) groups is 1. The second-order valence-electron chi connectivity index (χ2n) is 5.03. The summed E-state index contributed by atoms with van der Waals surface area (Å²) >= 11 is 5.86. The number of carbonyl (C=O) groups excluding carboxylic acids is 1. The van der Waals surface area contributed by atoms with Crippen LogP contribution in [0, 0.1) is 5.82 Å². The highest BCUT2D eigenvalue weighted by molar-refractivity contribution is 6.32. The van der Waals surface area contributed by atoms with Gasteiger partial charge in [-0.3, -0.25) is 4.79 Å². The van der Waals surface area contributed by atoms with Gasteiger partial charge in [0.25, 0.3) is 5.91 Å². The van der Waals surface area contributed by atoms with Crippen molar-refractivity contribution in [3.8, 4) is 5.75 Å². The van der Waals surface area contributed by atoms with Gasteiger partial charge >= 0.3 is 0 Å². The van der Waals surface area contributed by atoms with Crippen LogP contribution in [0.15, 0.2) is 41.3 Å². The average molecular weight is 365 g/mol. The molecule has 3 aromatic rings. The Labute approximate surface area is 147 Å². The summed E-state index contributed by atoms with van der Waals surface area (Å²) in [6.07, 6.45) is 5.19. The van der Waals surface area contributed by atoms with Crippen molar-refractivity contribution in [1.29, 1.82) is 0 Å². The van der Waals surface area contributed by atoms with Gasteiger partial charge in [-0.05, 0) is 18.2 Å². The predicted octanol–water partition coefficient (Wildman–Crippen LogP) is 2.74. The molecule has 3 rings (SSSR count). The van der Waals surface area contributed by atoms with Crippen LogP contribution in [0.5, 0.6) is 5.75 Å². The van der Waals surface area contributed by atoms with Crippen molar-refractivity contribution in [1.82, 2.24) is 20.3 Å². The molecule has 0 fully saturated rings. The van der Waals surface area contributed by atoms with Crippen molar-refractivity contribution >= 4 is 17.5 Å². The van der Waals surface area contributed by atoms with Crippen LogP contribution in [0.3, 0.4) is 0 Å². The zero-order valence-electron chi connectivity index (χ0n) is 13.0. The van der Waals surface area contributed by atoms with Crippen LogP contribution in [0.25, 0.3) is 0 Å². The zero-order chi connectivity index (χ0) is 17.6. The molecule has 7 nitrogen and oxygen atoms in total. The fourth-order valence-electron chi connectivity index (χ4n) is 2.03. The number of nitrogens with one attached hydrogen (secondary N) is 2. The van der Waals surface area contributed by atoms with E-state index in [1.54, 1.807) is 12.4 Å². The number of imidazole rings is 1. The van der Waals surface area contributed by atoms with Crippen LogP contribution >= 0.6 is 11.6 Å². The van der Waals surface area contributed by atoms with E-state index >= 15 is 0 Å². The fourth-order valence-corrected chi connectivity index (χ4v) is 2.25. The third-order valence-corrected chi connectivity index (χ3v) is 3.53. The normalized spacial score (nSPS) is 10.6. The maximum Gasteiger partial charge on any atom is 0.273 e. The van der Waals surface area contributed by atoms with Crippen LogP contribution < -0.4 is 10.1 Å². The van der Waals surface area contributed by atoms with Crippen LogP contribution in [-0.2, 0) is 13.0 Å². The van der Waals surface area contributed by atoms with E-state index in [0.717, 1.165) is 11.9 Å². The topological polar surface area (TPSA) is 93.0 Å². The van der Waals surface area contributed by atoms with Gasteiger partial charge < -0.3 is 19.5 Å². The Morgan fingerprint density at radius 3 is 3.08 bits per heavy atom. The number of aromatic amines is 1. The van der Waals surface area contributed by atoms with E-state index in [1.165, 1.54) is 18.4 Å². The van der Waals surface area contributed by atoms with E-state index in [4.69, 9.17) is 20.8 Å².